The molecule has 2 heterocycles. The molecule has 0 unspecified atom stereocenters. The number of nitrogens with zero attached hydrogens (tertiary/aromatic N) is 1. The van der Waals surface area contributed by atoms with Crippen LogP contribution in [-0.4, -0.2) is 42.3 Å². The highest BCUT2D eigenvalue weighted by Gasteiger charge is 2.52. The van der Waals surface area contributed by atoms with E-state index in [2.05, 4.69) is 4.98 Å². The number of carbonyl (C=O) groups is 1. The number of halogens is 2. The van der Waals surface area contributed by atoms with Gasteiger partial charge in [0.05, 0.1) is 29.1 Å². The van der Waals surface area contributed by atoms with Crippen LogP contribution < -0.4 is 10.0 Å². The van der Waals surface area contributed by atoms with Crippen molar-refractivity contribution in [2.45, 2.75) is 33.8 Å². The first kappa shape index (κ1) is 22.5. The van der Waals surface area contributed by atoms with Crippen molar-refractivity contribution in [3.05, 3.63) is 41.2 Å². The van der Waals surface area contributed by atoms with Crippen LogP contribution in [0.15, 0.2) is 24.3 Å². The second kappa shape index (κ2) is 9.31. The molecule has 0 aliphatic carbocycles. The van der Waals surface area contributed by atoms with Gasteiger partial charge in [0.25, 0.3) is 0 Å². The van der Waals surface area contributed by atoms with Gasteiger partial charge in [-0.05, 0) is 26.8 Å². The van der Waals surface area contributed by atoms with Crippen molar-refractivity contribution in [2.75, 3.05) is 19.8 Å². The van der Waals surface area contributed by atoms with E-state index in [1.165, 1.54) is 18.2 Å². The first-order valence-electron chi connectivity index (χ1n) is 9.42. The molecular formula is C20H23F2NO6P+. The van der Waals surface area contributed by atoms with Crippen LogP contribution in [0.3, 0.4) is 0 Å². The number of alkyl halides is 2. The van der Waals surface area contributed by atoms with Crippen LogP contribution in [0, 0.1) is 13.8 Å². The fourth-order valence-electron chi connectivity index (χ4n) is 3.38. The van der Waals surface area contributed by atoms with Crippen LogP contribution >= 0.6 is 7.94 Å². The lowest BCUT2D eigenvalue weighted by Gasteiger charge is -2.25. The van der Waals surface area contributed by atoms with Crippen molar-refractivity contribution < 1.29 is 37.0 Å². The van der Waals surface area contributed by atoms with Crippen LogP contribution in [-0.2, 0) is 13.8 Å². The molecule has 0 radical (unpaired) electrons. The van der Waals surface area contributed by atoms with E-state index in [-0.39, 0.29) is 47.6 Å². The van der Waals surface area contributed by atoms with E-state index in [0.717, 1.165) is 0 Å². The Morgan fingerprint density at radius 3 is 2.53 bits per heavy atom. The molecule has 0 amide bonds. The summed E-state index contributed by atoms with van der Waals surface area (Å²) in [5.74, 6) is -0.859. The van der Waals surface area contributed by atoms with Gasteiger partial charge in [-0.1, -0.05) is 18.2 Å². The van der Waals surface area contributed by atoms with E-state index in [9.17, 15) is 18.5 Å². The molecule has 162 valence electrons. The quantitative estimate of drug-likeness (QED) is 0.535. The molecule has 10 heteroatoms. The van der Waals surface area contributed by atoms with E-state index in [1.807, 2.05) is 0 Å². The third kappa shape index (κ3) is 4.44. The minimum absolute atomic E-state index is 0.0361. The largest absolute Gasteiger partial charge is 0.462 e. The number of hydrogen-bond acceptors (Lipinski definition) is 7. The monoisotopic (exact) mass is 442 g/mol. The van der Waals surface area contributed by atoms with E-state index in [4.69, 9.17) is 18.5 Å². The molecule has 1 saturated heterocycles. The Hall–Kier alpha value is -2.19. The van der Waals surface area contributed by atoms with Crippen LogP contribution in [0.1, 0.15) is 35.1 Å². The van der Waals surface area contributed by atoms with Gasteiger partial charge in [0.15, 0.2) is 0 Å². The van der Waals surface area contributed by atoms with E-state index >= 15 is 0 Å². The van der Waals surface area contributed by atoms with Gasteiger partial charge in [-0.3, -0.25) is 4.98 Å². The lowest BCUT2D eigenvalue weighted by Crippen LogP contribution is -2.29. The summed E-state index contributed by atoms with van der Waals surface area (Å²) in [4.78, 5) is 28.5. The zero-order chi connectivity index (χ0) is 21.9. The summed E-state index contributed by atoms with van der Waals surface area (Å²) in [5, 5.41) is 0.154. The Morgan fingerprint density at radius 1 is 1.23 bits per heavy atom. The topological polar surface area (TPSA) is 87.1 Å². The summed E-state index contributed by atoms with van der Waals surface area (Å²) in [6, 6.07) is 6.02. The summed E-state index contributed by atoms with van der Waals surface area (Å²) >= 11 is 0. The van der Waals surface area contributed by atoms with Crippen LogP contribution in [0.5, 0.6) is 5.75 Å². The standard InChI is InChI=1S/C20H23F2NO6P/c1-4-26-19(24)16-12(2)23-13(3)18(30(25)27-10-7-11-28-30)17(16)14-8-5-6-9-15(14)29-20(21)22/h5-6,8-9,20,25H,4,7,10-11H2,1-3H3/q+1. The minimum Gasteiger partial charge on any atom is -0.462 e. The SMILES string of the molecule is CCOC(=O)c1c(C)nc(C)c([P+]2(O)OCCCO2)c1-c1ccccc1OC(F)F. The third-order valence-corrected chi connectivity index (χ3v) is 6.66. The molecular weight excluding hydrogens is 419 g/mol. The molecule has 0 saturated carbocycles. The molecule has 0 spiro atoms. The van der Waals surface area contributed by atoms with E-state index in [0.29, 0.717) is 17.8 Å². The number of aryl methyl sites for hydroxylation is 2. The van der Waals surface area contributed by atoms with Gasteiger partial charge in [0.2, 0.25) is 5.30 Å². The van der Waals surface area contributed by atoms with Crippen molar-refractivity contribution in [3.8, 4) is 16.9 Å². The Labute approximate surface area is 173 Å². The molecule has 3 rings (SSSR count). The number of carbonyl (C=O) groups excluding carboxylic acids is 1. The number of pyridine rings is 1. The summed E-state index contributed by atoms with van der Waals surface area (Å²) in [6.07, 6.45) is 0.589. The van der Waals surface area contributed by atoms with Crippen molar-refractivity contribution in [2.24, 2.45) is 0 Å². The highest BCUT2D eigenvalue weighted by atomic mass is 31.2. The summed E-state index contributed by atoms with van der Waals surface area (Å²) in [5.41, 5.74) is 1.05. The van der Waals surface area contributed by atoms with Gasteiger partial charge in [0.1, 0.15) is 19.0 Å². The third-order valence-electron chi connectivity index (χ3n) is 4.48. The normalized spacial score (nSPS) is 15.8. The second-order valence-electron chi connectivity index (χ2n) is 6.52. The molecule has 1 fully saturated rings. The van der Waals surface area contributed by atoms with Crippen molar-refractivity contribution in [1.29, 1.82) is 0 Å². The predicted octanol–water partition coefficient (Wildman–Crippen LogP) is 3.96. The number of benzene rings is 1. The van der Waals surface area contributed by atoms with Crippen molar-refractivity contribution >= 4 is 19.2 Å². The highest BCUT2D eigenvalue weighted by Crippen LogP contribution is 2.60. The van der Waals surface area contributed by atoms with Gasteiger partial charge in [-0.25, -0.2) is 4.79 Å². The smallest absolute Gasteiger partial charge is 0.448 e. The molecule has 0 atom stereocenters. The molecule has 7 nitrogen and oxygen atoms in total. The second-order valence-corrected chi connectivity index (χ2v) is 8.52. The maximum atomic E-state index is 13.1. The van der Waals surface area contributed by atoms with Crippen LogP contribution in [0.2, 0.25) is 0 Å². The number of rotatable bonds is 6. The number of hydrogen-bond donors (Lipinski definition) is 1. The summed E-state index contributed by atoms with van der Waals surface area (Å²) in [6.45, 7) is 2.41. The van der Waals surface area contributed by atoms with Gasteiger partial charge >= 0.3 is 20.5 Å². The van der Waals surface area contributed by atoms with Gasteiger partial charge in [-0.15, -0.1) is 0 Å². The van der Waals surface area contributed by atoms with E-state index < -0.39 is 20.5 Å². The fraction of sp³-hybridized carbons (Fsp3) is 0.400. The first-order chi connectivity index (χ1) is 14.3. The lowest BCUT2D eigenvalue weighted by molar-refractivity contribution is -0.0494. The molecule has 1 aromatic carbocycles. The molecule has 1 aliphatic heterocycles. The lowest BCUT2D eigenvalue weighted by atomic mass is 9.97. The van der Waals surface area contributed by atoms with Crippen LogP contribution in [0.4, 0.5) is 8.78 Å². The minimum atomic E-state index is -3.63. The number of aromatic nitrogens is 1. The zero-order valence-electron chi connectivity index (χ0n) is 16.9. The average molecular weight is 442 g/mol. The Bertz CT molecular complexity index is 934. The first-order valence-corrected chi connectivity index (χ1v) is 11.0. The number of esters is 1. The molecule has 1 aliphatic rings. The highest BCUT2D eigenvalue weighted by molar-refractivity contribution is 7.69. The van der Waals surface area contributed by atoms with Crippen LogP contribution in [0.25, 0.3) is 11.1 Å². The maximum Gasteiger partial charge on any atom is 0.448 e. The van der Waals surface area contributed by atoms with Gasteiger partial charge in [0, 0.05) is 12.0 Å². The van der Waals surface area contributed by atoms with E-state index in [1.54, 1.807) is 26.8 Å². The molecule has 2 aromatic rings. The number of para-hydroxylation sites is 1. The molecule has 0 bridgehead atoms. The Balaban J connectivity index is 2.37. The molecule has 1 N–H and O–H groups in total. The van der Waals surface area contributed by atoms with Crippen molar-refractivity contribution in [3.63, 3.8) is 0 Å². The van der Waals surface area contributed by atoms with Crippen molar-refractivity contribution in [1.82, 2.24) is 4.98 Å². The zero-order valence-corrected chi connectivity index (χ0v) is 17.7. The van der Waals surface area contributed by atoms with Gasteiger partial charge in [-0.2, -0.15) is 22.7 Å². The Morgan fingerprint density at radius 2 is 1.90 bits per heavy atom. The Kier molecular flexibility index (Phi) is 6.98. The van der Waals surface area contributed by atoms with Gasteiger partial charge < -0.3 is 9.47 Å². The fourth-order valence-corrected chi connectivity index (χ4v) is 5.44. The predicted molar refractivity (Wildman–Crippen MR) is 107 cm³/mol. The summed E-state index contributed by atoms with van der Waals surface area (Å²) in [7, 11) is -3.63. The molecule has 1 aromatic heterocycles. The number of ether oxygens (including phenoxy) is 2. The summed E-state index contributed by atoms with van der Waals surface area (Å²) < 4.78 is 47.2. The average Bonchev–Trinajstić information content (AvgIpc) is 2.68. The molecule has 30 heavy (non-hydrogen) atoms. The maximum absolute atomic E-state index is 13.1.